The number of hydrogen-bond donors (Lipinski definition) is 0. The summed E-state index contributed by atoms with van der Waals surface area (Å²) in [4.78, 5) is 0. The fourth-order valence-electron chi connectivity index (χ4n) is 0.994. The average Bonchev–Trinajstić information content (AvgIpc) is 1.83. The van der Waals surface area contributed by atoms with Crippen molar-refractivity contribution in [2.45, 2.75) is 20.8 Å². The number of hydrogen-bond acceptors (Lipinski definition) is 3. The Kier molecular flexibility index (Phi) is 4.25. The van der Waals surface area contributed by atoms with Gasteiger partial charge in [-0.05, 0) is 12.8 Å². The molecule has 0 aromatic rings. The van der Waals surface area contributed by atoms with E-state index in [9.17, 15) is 8.42 Å². The first-order valence-corrected chi connectivity index (χ1v) is 5.79. The van der Waals surface area contributed by atoms with E-state index in [-0.39, 0.29) is 17.4 Å². The van der Waals surface area contributed by atoms with Crippen LogP contribution in [0.3, 0.4) is 0 Å². The van der Waals surface area contributed by atoms with Gasteiger partial charge in [0.1, 0.15) is 0 Å². The van der Waals surface area contributed by atoms with Gasteiger partial charge in [-0.25, -0.2) is 8.42 Å². The minimum Gasteiger partial charge on any atom is -0.229 e. The summed E-state index contributed by atoms with van der Waals surface area (Å²) in [6.07, 6.45) is 0. The smallest absolute Gasteiger partial charge is 0.151 e. The standard InChI is InChI=1S/C8H15NO2S/c1-7(2)5-12(10,11)6-8(3)4-9/h7-8H,5-6H2,1-3H3. The highest BCUT2D eigenvalue weighted by atomic mass is 32.2. The Morgan fingerprint density at radius 3 is 2.08 bits per heavy atom. The van der Waals surface area contributed by atoms with E-state index < -0.39 is 15.8 Å². The molecule has 0 heterocycles. The molecule has 4 heteroatoms. The quantitative estimate of drug-likeness (QED) is 0.668. The molecule has 0 amide bonds. The average molecular weight is 189 g/mol. The molecule has 0 aliphatic rings. The topological polar surface area (TPSA) is 57.9 Å². The zero-order valence-corrected chi connectivity index (χ0v) is 8.56. The van der Waals surface area contributed by atoms with Gasteiger partial charge in [0.25, 0.3) is 0 Å². The minimum atomic E-state index is -3.01. The van der Waals surface area contributed by atoms with E-state index in [1.54, 1.807) is 6.92 Å². The van der Waals surface area contributed by atoms with Gasteiger partial charge in [-0.1, -0.05) is 13.8 Å². The maximum atomic E-state index is 11.3. The molecule has 1 unspecified atom stereocenters. The Bertz CT molecular complexity index is 261. The van der Waals surface area contributed by atoms with E-state index in [1.807, 2.05) is 19.9 Å². The van der Waals surface area contributed by atoms with Crippen LogP contribution in [0.2, 0.25) is 0 Å². The van der Waals surface area contributed by atoms with E-state index in [0.717, 1.165) is 0 Å². The van der Waals surface area contributed by atoms with Gasteiger partial charge >= 0.3 is 0 Å². The van der Waals surface area contributed by atoms with Crippen molar-refractivity contribution in [1.82, 2.24) is 0 Å². The molecule has 0 rings (SSSR count). The van der Waals surface area contributed by atoms with Crippen LogP contribution in [0.25, 0.3) is 0 Å². The maximum Gasteiger partial charge on any atom is 0.151 e. The Morgan fingerprint density at radius 1 is 1.25 bits per heavy atom. The van der Waals surface area contributed by atoms with Gasteiger partial charge < -0.3 is 0 Å². The number of rotatable bonds is 4. The molecule has 0 N–H and O–H groups in total. The summed E-state index contributed by atoms with van der Waals surface area (Å²) in [6.45, 7) is 5.33. The monoisotopic (exact) mass is 189 g/mol. The molecule has 0 aromatic carbocycles. The van der Waals surface area contributed by atoms with E-state index in [1.165, 1.54) is 0 Å². The summed E-state index contributed by atoms with van der Waals surface area (Å²) in [7, 11) is -3.01. The summed E-state index contributed by atoms with van der Waals surface area (Å²) in [5.41, 5.74) is 0. The molecule has 0 aliphatic heterocycles. The predicted molar refractivity (Wildman–Crippen MR) is 48.3 cm³/mol. The van der Waals surface area contributed by atoms with Gasteiger partial charge in [-0.3, -0.25) is 0 Å². The lowest BCUT2D eigenvalue weighted by molar-refractivity contribution is 0.576. The Hall–Kier alpha value is -0.560. The van der Waals surface area contributed by atoms with Crippen LogP contribution in [0.15, 0.2) is 0 Å². The van der Waals surface area contributed by atoms with Gasteiger partial charge in [0, 0.05) is 0 Å². The van der Waals surface area contributed by atoms with Crippen molar-refractivity contribution in [3.05, 3.63) is 0 Å². The molecule has 1 atom stereocenters. The van der Waals surface area contributed by atoms with Crippen LogP contribution < -0.4 is 0 Å². The molecule has 0 spiro atoms. The van der Waals surface area contributed by atoms with Crippen LogP contribution in [0.4, 0.5) is 0 Å². The summed E-state index contributed by atoms with van der Waals surface area (Å²) in [5, 5.41) is 8.42. The third-order valence-electron chi connectivity index (χ3n) is 1.31. The van der Waals surface area contributed by atoms with E-state index in [4.69, 9.17) is 5.26 Å². The summed E-state index contributed by atoms with van der Waals surface area (Å²) < 4.78 is 22.5. The molecular weight excluding hydrogens is 174 g/mol. The van der Waals surface area contributed by atoms with E-state index in [0.29, 0.717) is 0 Å². The molecule has 70 valence electrons. The van der Waals surface area contributed by atoms with E-state index >= 15 is 0 Å². The lowest BCUT2D eigenvalue weighted by Gasteiger charge is -2.07. The first-order chi connectivity index (χ1) is 5.37. The highest BCUT2D eigenvalue weighted by Gasteiger charge is 2.16. The van der Waals surface area contributed by atoms with Crippen molar-refractivity contribution in [2.24, 2.45) is 11.8 Å². The molecule has 0 bridgehead atoms. The summed E-state index contributed by atoms with van der Waals surface area (Å²) in [6, 6.07) is 1.92. The molecule has 0 saturated carbocycles. The van der Waals surface area contributed by atoms with Gasteiger partial charge in [0.15, 0.2) is 9.84 Å². The molecule has 0 aliphatic carbocycles. The van der Waals surface area contributed by atoms with Crippen LogP contribution in [-0.2, 0) is 9.84 Å². The molecule has 0 radical (unpaired) electrons. The number of nitriles is 1. The lowest BCUT2D eigenvalue weighted by Crippen LogP contribution is -2.19. The number of sulfone groups is 1. The second-order valence-corrected chi connectivity index (χ2v) is 5.65. The summed E-state index contributed by atoms with van der Waals surface area (Å²) >= 11 is 0. The molecular formula is C8H15NO2S. The zero-order valence-electron chi connectivity index (χ0n) is 7.74. The molecule has 12 heavy (non-hydrogen) atoms. The number of nitrogens with zero attached hydrogens (tertiary/aromatic N) is 1. The van der Waals surface area contributed by atoms with Crippen LogP contribution in [-0.4, -0.2) is 19.9 Å². The molecule has 0 fully saturated rings. The Morgan fingerprint density at radius 2 is 1.75 bits per heavy atom. The SMILES string of the molecule is CC(C)CS(=O)(=O)CC(C)C#N. The predicted octanol–water partition coefficient (Wildman–Crippen LogP) is 1.22. The van der Waals surface area contributed by atoms with Gasteiger partial charge in [-0.2, -0.15) is 5.26 Å². The zero-order chi connectivity index (χ0) is 9.78. The maximum absolute atomic E-state index is 11.3. The van der Waals surface area contributed by atoms with Gasteiger partial charge in [-0.15, -0.1) is 0 Å². The van der Waals surface area contributed by atoms with Crippen molar-refractivity contribution in [3.8, 4) is 6.07 Å². The first kappa shape index (κ1) is 11.4. The van der Waals surface area contributed by atoms with E-state index in [2.05, 4.69) is 0 Å². The van der Waals surface area contributed by atoms with Crippen LogP contribution >= 0.6 is 0 Å². The largest absolute Gasteiger partial charge is 0.229 e. The second kappa shape index (κ2) is 4.46. The van der Waals surface area contributed by atoms with Crippen LogP contribution in [0.1, 0.15) is 20.8 Å². The van der Waals surface area contributed by atoms with Crippen molar-refractivity contribution in [1.29, 1.82) is 5.26 Å². The lowest BCUT2D eigenvalue weighted by atomic mass is 10.3. The molecule has 0 saturated heterocycles. The minimum absolute atomic E-state index is 0.0122. The van der Waals surface area contributed by atoms with Crippen LogP contribution in [0, 0.1) is 23.2 Å². The first-order valence-electron chi connectivity index (χ1n) is 3.97. The highest BCUT2D eigenvalue weighted by Crippen LogP contribution is 2.05. The van der Waals surface area contributed by atoms with Crippen LogP contribution in [0.5, 0.6) is 0 Å². The Labute approximate surface area is 74.3 Å². The highest BCUT2D eigenvalue weighted by molar-refractivity contribution is 7.91. The van der Waals surface area contributed by atoms with Crippen molar-refractivity contribution < 1.29 is 8.42 Å². The van der Waals surface area contributed by atoms with Gasteiger partial charge in [0.2, 0.25) is 0 Å². The Balaban J connectivity index is 4.17. The third-order valence-corrected chi connectivity index (χ3v) is 3.49. The second-order valence-electron chi connectivity index (χ2n) is 3.50. The molecule has 3 nitrogen and oxygen atoms in total. The fourth-order valence-corrected chi connectivity index (χ4v) is 2.98. The van der Waals surface area contributed by atoms with Crippen molar-refractivity contribution >= 4 is 9.84 Å². The van der Waals surface area contributed by atoms with Crippen molar-refractivity contribution in [2.75, 3.05) is 11.5 Å². The van der Waals surface area contributed by atoms with Gasteiger partial charge in [0.05, 0.1) is 23.5 Å². The normalized spacial score (nSPS) is 14.2. The fraction of sp³-hybridized carbons (Fsp3) is 0.875. The summed E-state index contributed by atoms with van der Waals surface area (Å²) in [5.74, 6) is -0.0876. The molecule has 0 aromatic heterocycles. The third kappa shape index (κ3) is 5.14. The van der Waals surface area contributed by atoms with Crippen molar-refractivity contribution in [3.63, 3.8) is 0 Å².